The third-order valence-electron chi connectivity index (χ3n) is 1.83. The van der Waals surface area contributed by atoms with Gasteiger partial charge in [0.15, 0.2) is 0 Å². The van der Waals surface area contributed by atoms with Crippen LogP contribution in [0.2, 0.25) is 0 Å². The zero-order valence-corrected chi connectivity index (χ0v) is 10.5. The molecule has 0 aliphatic carbocycles. The molecule has 0 atom stereocenters. The SMILES string of the molecule is CCOCCCNCCCCOS(=O)(=O)O. The van der Waals surface area contributed by atoms with E-state index in [1.165, 1.54) is 0 Å². The molecule has 0 aliphatic heterocycles. The molecule has 6 nitrogen and oxygen atoms in total. The summed E-state index contributed by atoms with van der Waals surface area (Å²) in [5.74, 6) is 0. The largest absolute Gasteiger partial charge is 0.397 e. The minimum atomic E-state index is -4.27. The van der Waals surface area contributed by atoms with E-state index in [9.17, 15) is 8.42 Å². The van der Waals surface area contributed by atoms with E-state index >= 15 is 0 Å². The van der Waals surface area contributed by atoms with Crippen LogP contribution in [0.5, 0.6) is 0 Å². The van der Waals surface area contributed by atoms with Crippen LogP contribution >= 0.6 is 0 Å². The summed E-state index contributed by atoms with van der Waals surface area (Å²) in [7, 11) is -4.27. The maximum absolute atomic E-state index is 10.2. The van der Waals surface area contributed by atoms with Crippen molar-refractivity contribution in [3.05, 3.63) is 0 Å². The lowest BCUT2D eigenvalue weighted by molar-refractivity contribution is 0.144. The van der Waals surface area contributed by atoms with Gasteiger partial charge in [-0.3, -0.25) is 4.55 Å². The van der Waals surface area contributed by atoms with Gasteiger partial charge in [0.05, 0.1) is 6.61 Å². The molecule has 0 bridgehead atoms. The summed E-state index contributed by atoms with van der Waals surface area (Å²) < 4.78 is 37.9. The quantitative estimate of drug-likeness (QED) is 0.415. The number of hydrogen-bond donors (Lipinski definition) is 2. The third kappa shape index (κ3) is 13.8. The Balaban J connectivity index is 3.05. The van der Waals surface area contributed by atoms with Crippen molar-refractivity contribution >= 4 is 10.4 Å². The van der Waals surface area contributed by atoms with Crippen molar-refractivity contribution in [1.29, 1.82) is 0 Å². The normalized spacial score (nSPS) is 11.9. The maximum atomic E-state index is 10.2. The van der Waals surface area contributed by atoms with E-state index in [1.807, 2.05) is 6.92 Å². The highest BCUT2D eigenvalue weighted by Crippen LogP contribution is 1.92. The average Bonchev–Trinajstić information content (AvgIpc) is 2.19. The van der Waals surface area contributed by atoms with Crippen molar-refractivity contribution < 1.29 is 21.9 Å². The fourth-order valence-corrected chi connectivity index (χ4v) is 1.41. The van der Waals surface area contributed by atoms with Crippen molar-refractivity contribution in [1.82, 2.24) is 5.32 Å². The maximum Gasteiger partial charge on any atom is 0.397 e. The van der Waals surface area contributed by atoms with Gasteiger partial charge in [-0.05, 0) is 39.3 Å². The zero-order valence-electron chi connectivity index (χ0n) is 9.65. The number of hydrogen-bond acceptors (Lipinski definition) is 5. The molecule has 0 saturated carbocycles. The smallest absolute Gasteiger partial charge is 0.382 e. The number of rotatable bonds is 11. The Morgan fingerprint density at radius 2 is 1.81 bits per heavy atom. The van der Waals surface area contributed by atoms with Crippen LogP contribution < -0.4 is 5.32 Å². The first-order chi connectivity index (χ1) is 7.56. The molecule has 0 amide bonds. The molecule has 0 rings (SSSR count). The predicted molar refractivity (Wildman–Crippen MR) is 60.7 cm³/mol. The van der Waals surface area contributed by atoms with Crippen LogP contribution in [0.4, 0.5) is 0 Å². The molecule has 0 aliphatic rings. The third-order valence-corrected chi connectivity index (χ3v) is 2.29. The van der Waals surface area contributed by atoms with Crippen molar-refractivity contribution in [3.63, 3.8) is 0 Å². The van der Waals surface area contributed by atoms with Crippen LogP contribution in [0, 0.1) is 0 Å². The van der Waals surface area contributed by atoms with E-state index in [0.29, 0.717) is 6.42 Å². The van der Waals surface area contributed by atoms with Crippen LogP contribution in [-0.4, -0.2) is 45.9 Å². The monoisotopic (exact) mass is 255 g/mol. The molecule has 0 radical (unpaired) electrons. The van der Waals surface area contributed by atoms with Crippen LogP contribution in [-0.2, 0) is 19.3 Å². The lowest BCUT2D eigenvalue weighted by atomic mass is 10.3. The van der Waals surface area contributed by atoms with E-state index in [4.69, 9.17) is 9.29 Å². The Bertz CT molecular complexity index is 242. The standard InChI is InChI=1S/C9H21NO5S/c1-2-14-8-5-7-10-6-3-4-9-15-16(11,12)13/h10H,2-9H2,1H3,(H,11,12,13). The molecular weight excluding hydrogens is 234 g/mol. The summed E-state index contributed by atoms with van der Waals surface area (Å²) in [6, 6.07) is 0. The molecule has 98 valence electrons. The summed E-state index contributed by atoms with van der Waals surface area (Å²) >= 11 is 0. The zero-order chi connectivity index (χ0) is 12.3. The Hall–Kier alpha value is -0.210. The Kier molecular flexibility index (Phi) is 9.85. The Morgan fingerprint density at radius 1 is 1.12 bits per heavy atom. The number of ether oxygens (including phenoxy) is 1. The second-order valence-corrected chi connectivity index (χ2v) is 4.35. The van der Waals surface area contributed by atoms with Gasteiger partial charge in [-0.15, -0.1) is 0 Å². The second kappa shape index (κ2) is 9.98. The van der Waals surface area contributed by atoms with Crippen LogP contribution in [0.1, 0.15) is 26.2 Å². The summed E-state index contributed by atoms with van der Waals surface area (Å²) in [5.41, 5.74) is 0. The molecule has 0 aromatic heterocycles. The van der Waals surface area contributed by atoms with E-state index < -0.39 is 10.4 Å². The minimum absolute atomic E-state index is 0.0272. The Morgan fingerprint density at radius 3 is 2.44 bits per heavy atom. The first-order valence-corrected chi connectivity index (χ1v) is 6.83. The van der Waals surface area contributed by atoms with Gasteiger partial charge in [0.2, 0.25) is 0 Å². The van der Waals surface area contributed by atoms with Crippen LogP contribution in [0.25, 0.3) is 0 Å². The highest BCUT2D eigenvalue weighted by molar-refractivity contribution is 7.80. The van der Waals surface area contributed by atoms with E-state index in [2.05, 4.69) is 9.50 Å². The molecule has 0 heterocycles. The van der Waals surface area contributed by atoms with Crippen molar-refractivity contribution in [2.75, 3.05) is 32.9 Å². The fraction of sp³-hybridized carbons (Fsp3) is 1.00. The lowest BCUT2D eigenvalue weighted by Gasteiger charge is -2.04. The molecule has 2 N–H and O–H groups in total. The van der Waals surface area contributed by atoms with Crippen LogP contribution in [0.3, 0.4) is 0 Å². The number of nitrogens with one attached hydrogen (secondary N) is 1. The molecule has 0 unspecified atom stereocenters. The van der Waals surface area contributed by atoms with Crippen LogP contribution in [0.15, 0.2) is 0 Å². The minimum Gasteiger partial charge on any atom is -0.382 e. The van der Waals surface area contributed by atoms with Gasteiger partial charge in [-0.1, -0.05) is 0 Å². The van der Waals surface area contributed by atoms with Gasteiger partial charge in [0, 0.05) is 13.2 Å². The Labute approximate surface area is 97.3 Å². The highest BCUT2D eigenvalue weighted by Gasteiger charge is 2.02. The molecule has 16 heavy (non-hydrogen) atoms. The topological polar surface area (TPSA) is 84.9 Å². The number of unbranched alkanes of at least 4 members (excludes halogenated alkanes) is 1. The van der Waals surface area contributed by atoms with Gasteiger partial charge >= 0.3 is 10.4 Å². The molecule has 0 aromatic carbocycles. The average molecular weight is 255 g/mol. The van der Waals surface area contributed by atoms with Crippen molar-refractivity contribution in [2.24, 2.45) is 0 Å². The first-order valence-electron chi connectivity index (χ1n) is 5.46. The lowest BCUT2D eigenvalue weighted by Crippen LogP contribution is -2.18. The van der Waals surface area contributed by atoms with Gasteiger partial charge in [0.25, 0.3) is 0 Å². The van der Waals surface area contributed by atoms with E-state index in [1.54, 1.807) is 0 Å². The molecule has 0 spiro atoms. The second-order valence-electron chi connectivity index (χ2n) is 3.26. The summed E-state index contributed by atoms with van der Waals surface area (Å²) in [6.45, 7) is 5.19. The van der Waals surface area contributed by atoms with Gasteiger partial charge in [0.1, 0.15) is 0 Å². The van der Waals surface area contributed by atoms with E-state index in [0.717, 1.165) is 39.1 Å². The molecular formula is C9H21NO5S. The van der Waals surface area contributed by atoms with Crippen molar-refractivity contribution in [2.45, 2.75) is 26.2 Å². The van der Waals surface area contributed by atoms with Gasteiger partial charge in [-0.25, -0.2) is 4.18 Å². The van der Waals surface area contributed by atoms with E-state index in [-0.39, 0.29) is 6.61 Å². The molecule has 0 fully saturated rings. The molecule has 0 aromatic rings. The van der Waals surface area contributed by atoms with Gasteiger partial charge in [-0.2, -0.15) is 8.42 Å². The summed E-state index contributed by atoms with van der Waals surface area (Å²) in [4.78, 5) is 0. The molecule has 7 heteroatoms. The summed E-state index contributed by atoms with van der Waals surface area (Å²) in [5, 5.41) is 3.19. The highest BCUT2D eigenvalue weighted by atomic mass is 32.3. The predicted octanol–water partition coefficient (Wildman–Crippen LogP) is 0.602. The van der Waals surface area contributed by atoms with Crippen molar-refractivity contribution in [3.8, 4) is 0 Å². The van der Waals surface area contributed by atoms with Gasteiger partial charge < -0.3 is 10.1 Å². The summed E-state index contributed by atoms with van der Waals surface area (Å²) in [6.07, 6.45) is 2.37. The first kappa shape index (κ1) is 15.8. The fourth-order valence-electron chi connectivity index (χ4n) is 1.08. The molecule has 0 saturated heterocycles.